The molecule has 2 atom stereocenters. The SMILES string of the molecule is Cc1nn(C)c(C)c1C1(O)CC2COCC(C1)N2C(=O)OCc1ccccc1. The highest BCUT2D eigenvalue weighted by Gasteiger charge is 2.50. The zero-order chi connectivity index (χ0) is 19.9. The molecule has 2 aliphatic rings. The topological polar surface area (TPSA) is 76.8 Å². The fourth-order valence-corrected chi connectivity index (χ4v) is 4.72. The molecule has 2 aromatic rings. The maximum Gasteiger partial charge on any atom is 0.410 e. The Hall–Kier alpha value is -2.38. The van der Waals surface area contributed by atoms with Crippen LogP contribution in [0.4, 0.5) is 4.79 Å². The minimum absolute atomic E-state index is 0.222. The van der Waals surface area contributed by atoms with Gasteiger partial charge in [0.1, 0.15) is 6.61 Å². The van der Waals surface area contributed by atoms with E-state index in [0.29, 0.717) is 26.1 Å². The predicted octanol–water partition coefficient (Wildman–Crippen LogP) is 2.42. The third-order valence-corrected chi connectivity index (χ3v) is 5.94. The van der Waals surface area contributed by atoms with Gasteiger partial charge in [-0.15, -0.1) is 0 Å². The molecule has 2 fully saturated rings. The van der Waals surface area contributed by atoms with Gasteiger partial charge in [-0.05, 0) is 19.4 Å². The quantitative estimate of drug-likeness (QED) is 0.878. The van der Waals surface area contributed by atoms with Crippen molar-refractivity contribution < 1.29 is 19.4 Å². The van der Waals surface area contributed by atoms with Crippen LogP contribution in [0.1, 0.15) is 35.4 Å². The fraction of sp³-hybridized carbons (Fsp3) is 0.524. The van der Waals surface area contributed by atoms with Crippen molar-refractivity contribution in [2.75, 3.05) is 13.2 Å². The number of carbonyl (C=O) groups excluding carboxylic acids is 1. The van der Waals surface area contributed by atoms with E-state index in [4.69, 9.17) is 9.47 Å². The second-order valence-electron chi connectivity index (χ2n) is 7.90. The van der Waals surface area contributed by atoms with Gasteiger partial charge in [0.25, 0.3) is 0 Å². The molecule has 1 aromatic carbocycles. The lowest BCUT2D eigenvalue weighted by Gasteiger charge is -2.51. The van der Waals surface area contributed by atoms with E-state index in [0.717, 1.165) is 22.5 Å². The van der Waals surface area contributed by atoms with E-state index in [2.05, 4.69) is 5.10 Å². The van der Waals surface area contributed by atoms with Crippen molar-refractivity contribution in [2.45, 2.75) is 51.0 Å². The molecule has 7 heteroatoms. The van der Waals surface area contributed by atoms with Gasteiger partial charge in [-0.1, -0.05) is 30.3 Å². The number of benzene rings is 1. The molecule has 1 amide bonds. The average Bonchev–Trinajstić information content (AvgIpc) is 2.92. The first-order chi connectivity index (χ1) is 13.4. The van der Waals surface area contributed by atoms with Gasteiger partial charge in [0, 0.05) is 31.1 Å². The van der Waals surface area contributed by atoms with Crippen molar-refractivity contribution >= 4 is 6.09 Å². The highest BCUT2D eigenvalue weighted by atomic mass is 16.6. The lowest BCUT2D eigenvalue weighted by atomic mass is 9.76. The summed E-state index contributed by atoms with van der Waals surface area (Å²) >= 11 is 0. The molecule has 4 rings (SSSR count). The molecule has 28 heavy (non-hydrogen) atoms. The molecule has 1 aromatic heterocycles. The summed E-state index contributed by atoms with van der Waals surface area (Å²) in [5.74, 6) is 0. The van der Waals surface area contributed by atoms with Crippen LogP contribution < -0.4 is 0 Å². The van der Waals surface area contributed by atoms with Gasteiger partial charge in [-0.2, -0.15) is 5.10 Å². The molecular weight excluding hydrogens is 358 g/mol. The van der Waals surface area contributed by atoms with Crippen molar-refractivity contribution in [3.8, 4) is 0 Å². The molecular formula is C21H27N3O4. The van der Waals surface area contributed by atoms with Gasteiger partial charge in [-0.25, -0.2) is 4.79 Å². The molecule has 0 saturated carbocycles. The third-order valence-electron chi connectivity index (χ3n) is 5.94. The van der Waals surface area contributed by atoms with E-state index in [-0.39, 0.29) is 24.8 Å². The van der Waals surface area contributed by atoms with Crippen LogP contribution in [0, 0.1) is 13.8 Å². The van der Waals surface area contributed by atoms with E-state index in [1.54, 1.807) is 9.58 Å². The van der Waals surface area contributed by atoms with Gasteiger partial charge in [0.15, 0.2) is 0 Å². The molecule has 3 heterocycles. The molecule has 0 radical (unpaired) electrons. The smallest absolute Gasteiger partial charge is 0.410 e. The van der Waals surface area contributed by atoms with Crippen molar-refractivity contribution in [3.63, 3.8) is 0 Å². The van der Waals surface area contributed by atoms with Crippen LogP contribution in [0.5, 0.6) is 0 Å². The van der Waals surface area contributed by atoms with E-state index >= 15 is 0 Å². The molecule has 2 saturated heterocycles. The molecule has 7 nitrogen and oxygen atoms in total. The van der Waals surface area contributed by atoms with E-state index in [1.165, 1.54) is 0 Å². The highest BCUT2D eigenvalue weighted by Crippen LogP contribution is 2.43. The summed E-state index contributed by atoms with van der Waals surface area (Å²) in [7, 11) is 1.88. The first-order valence-corrected chi connectivity index (χ1v) is 9.69. The van der Waals surface area contributed by atoms with Crippen molar-refractivity contribution in [2.24, 2.45) is 7.05 Å². The zero-order valence-electron chi connectivity index (χ0n) is 16.6. The number of hydrogen-bond acceptors (Lipinski definition) is 5. The molecule has 0 aliphatic carbocycles. The predicted molar refractivity (Wildman–Crippen MR) is 103 cm³/mol. The van der Waals surface area contributed by atoms with Gasteiger partial charge >= 0.3 is 6.09 Å². The number of rotatable bonds is 3. The maximum absolute atomic E-state index is 12.8. The minimum atomic E-state index is -1.02. The number of piperidine rings is 1. The van der Waals surface area contributed by atoms with Gasteiger partial charge in [0.05, 0.1) is 36.6 Å². The van der Waals surface area contributed by atoms with Crippen LogP contribution in [0.2, 0.25) is 0 Å². The Bertz CT molecular complexity index is 850. The molecule has 0 spiro atoms. The zero-order valence-corrected chi connectivity index (χ0v) is 16.6. The number of aliphatic hydroxyl groups is 1. The summed E-state index contributed by atoms with van der Waals surface area (Å²) < 4.78 is 13.1. The Morgan fingerprint density at radius 3 is 2.46 bits per heavy atom. The normalized spacial score (nSPS) is 26.9. The summed E-state index contributed by atoms with van der Waals surface area (Å²) in [4.78, 5) is 14.6. The van der Waals surface area contributed by atoms with Crippen LogP contribution in [-0.2, 0) is 28.7 Å². The van der Waals surface area contributed by atoms with Gasteiger partial charge in [0.2, 0.25) is 0 Å². The monoisotopic (exact) mass is 385 g/mol. The number of nitrogens with zero attached hydrogens (tertiary/aromatic N) is 3. The molecule has 150 valence electrons. The number of amides is 1. The van der Waals surface area contributed by atoms with Gasteiger partial charge < -0.3 is 14.6 Å². The molecule has 2 unspecified atom stereocenters. The summed E-state index contributed by atoms with van der Waals surface area (Å²) in [6.45, 7) is 4.93. The molecule has 2 aliphatic heterocycles. The number of carbonyl (C=O) groups is 1. The Morgan fingerprint density at radius 1 is 1.25 bits per heavy atom. The molecule has 2 bridgehead atoms. The van der Waals surface area contributed by atoms with Crippen LogP contribution in [0.25, 0.3) is 0 Å². The maximum atomic E-state index is 12.8. The first-order valence-electron chi connectivity index (χ1n) is 9.69. The molecule has 1 N–H and O–H groups in total. The Balaban J connectivity index is 1.53. The number of aryl methyl sites for hydroxylation is 2. The number of aromatic nitrogens is 2. The van der Waals surface area contributed by atoms with Crippen LogP contribution >= 0.6 is 0 Å². The Morgan fingerprint density at radius 2 is 1.89 bits per heavy atom. The first kappa shape index (κ1) is 19.0. The summed E-state index contributed by atoms with van der Waals surface area (Å²) in [6.07, 6.45) is 0.484. The van der Waals surface area contributed by atoms with E-state index in [1.807, 2.05) is 51.2 Å². The fourth-order valence-electron chi connectivity index (χ4n) is 4.72. The largest absolute Gasteiger partial charge is 0.445 e. The van der Waals surface area contributed by atoms with Crippen LogP contribution in [-0.4, -0.2) is 51.2 Å². The standard InChI is InChI=1S/C21H27N3O4/c1-14-19(15(2)23(3)22-14)21(26)9-17-12-27-13-18(10-21)24(17)20(25)28-11-16-7-5-4-6-8-16/h4-8,17-18,26H,9-13H2,1-3H3. The number of ether oxygens (including phenoxy) is 2. The second-order valence-corrected chi connectivity index (χ2v) is 7.90. The van der Waals surface area contributed by atoms with Crippen molar-refractivity contribution in [3.05, 3.63) is 52.8 Å². The second kappa shape index (κ2) is 7.22. The number of hydrogen-bond donors (Lipinski definition) is 1. The lowest BCUT2D eigenvalue weighted by Crippen LogP contribution is -2.62. The summed E-state index contributed by atoms with van der Waals surface area (Å²) in [5.41, 5.74) is 2.61. The van der Waals surface area contributed by atoms with E-state index < -0.39 is 5.60 Å². The van der Waals surface area contributed by atoms with Crippen LogP contribution in [0.15, 0.2) is 30.3 Å². The third kappa shape index (κ3) is 3.29. The number of fused-ring (bicyclic) bond motifs is 2. The lowest BCUT2D eigenvalue weighted by molar-refractivity contribution is -0.137. The van der Waals surface area contributed by atoms with E-state index in [9.17, 15) is 9.90 Å². The highest BCUT2D eigenvalue weighted by molar-refractivity contribution is 5.69. The summed E-state index contributed by atoms with van der Waals surface area (Å²) in [5, 5.41) is 16.0. The van der Waals surface area contributed by atoms with Crippen LogP contribution in [0.3, 0.4) is 0 Å². The Kier molecular flexibility index (Phi) is 4.89. The summed E-state index contributed by atoms with van der Waals surface area (Å²) in [6, 6.07) is 9.19. The average molecular weight is 385 g/mol. The van der Waals surface area contributed by atoms with Gasteiger partial charge in [-0.3, -0.25) is 9.58 Å². The van der Waals surface area contributed by atoms with Crippen molar-refractivity contribution in [1.29, 1.82) is 0 Å². The minimum Gasteiger partial charge on any atom is -0.445 e. The van der Waals surface area contributed by atoms with Crippen molar-refractivity contribution in [1.82, 2.24) is 14.7 Å². The number of morpholine rings is 1. The Labute approximate surface area is 164 Å².